The Kier molecular flexibility index (Phi) is 6.26. The highest BCUT2D eigenvalue weighted by atomic mass is 16.6. The van der Waals surface area contributed by atoms with Gasteiger partial charge in [0.25, 0.3) is 5.56 Å². The van der Waals surface area contributed by atoms with Gasteiger partial charge in [0.2, 0.25) is 5.91 Å². The number of anilines is 1. The van der Waals surface area contributed by atoms with Crippen LogP contribution in [0.5, 0.6) is 11.5 Å². The molecule has 8 nitrogen and oxygen atoms in total. The first-order chi connectivity index (χ1) is 17.4. The first-order valence-electron chi connectivity index (χ1n) is 12.3. The second-order valence-electron chi connectivity index (χ2n) is 9.09. The topological polar surface area (TPSA) is 87.4 Å². The predicted octanol–water partition coefficient (Wildman–Crippen LogP) is 4.47. The van der Waals surface area contributed by atoms with Gasteiger partial charge in [-0.3, -0.25) is 14.2 Å². The minimum atomic E-state index is -0.166. The fourth-order valence-electron chi connectivity index (χ4n) is 4.88. The van der Waals surface area contributed by atoms with Crippen molar-refractivity contribution in [3.63, 3.8) is 0 Å². The van der Waals surface area contributed by atoms with E-state index in [-0.39, 0.29) is 17.9 Å². The van der Waals surface area contributed by atoms with Gasteiger partial charge in [-0.25, -0.2) is 4.68 Å². The molecule has 1 aliphatic rings. The third-order valence-electron chi connectivity index (χ3n) is 6.61. The Morgan fingerprint density at radius 2 is 1.83 bits per heavy atom. The summed E-state index contributed by atoms with van der Waals surface area (Å²) in [4.78, 5) is 26.4. The Bertz CT molecular complexity index is 1530. The fourth-order valence-corrected chi connectivity index (χ4v) is 4.88. The highest BCUT2D eigenvalue weighted by molar-refractivity contribution is 5.91. The van der Waals surface area contributed by atoms with Crippen molar-refractivity contribution in [2.75, 3.05) is 18.5 Å². The van der Waals surface area contributed by atoms with E-state index in [1.165, 1.54) is 0 Å². The zero-order valence-corrected chi connectivity index (χ0v) is 21.1. The number of hydrogen-bond acceptors (Lipinski definition) is 5. The number of pyridine rings is 1. The molecule has 0 bridgehead atoms. The van der Waals surface area contributed by atoms with E-state index in [9.17, 15) is 9.59 Å². The number of aromatic nitrogens is 3. The molecule has 8 heteroatoms. The molecule has 0 atom stereocenters. The minimum absolute atomic E-state index is 0.0802. The summed E-state index contributed by atoms with van der Waals surface area (Å²) in [5.74, 6) is 1.12. The lowest BCUT2D eigenvalue weighted by atomic mass is 10.0. The van der Waals surface area contributed by atoms with Gasteiger partial charge in [0, 0.05) is 35.7 Å². The average molecular weight is 487 g/mol. The summed E-state index contributed by atoms with van der Waals surface area (Å²) in [6.45, 7) is 9.41. The number of nitrogens with zero attached hydrogens (tertiary/aromatic N) is 3. The van der Waals surface area contributed by atoms with Crippen LogP contribution in [0.4, 0.5) is 5.69 Å². The van der Waals surface area contributed by atoms with Crippen molar-refractivity contribution in [3.05, 3.63) is 75.2 Å². The van der Waals surface area contributed by atoms with E-state index in [0.29, 0.717) is 48.9 Å². The molecule has 0 saturated heterocycles. The molecule has 0 radical (unpaired) electrons. The third kappa shape index (κ3) is 4.23. The quantitative estimate of drug-likeness (QED) is 0.434. The molecule has 1 N–H and O–H groups in total. The fraction of sp³-hybridized carbons (Fsp3) is 0.321. The van der Waals surface area contributed by atoms with E-state index >= 15 is 0 Å². The SMILES string of the molecule is CCn1c(=O)c(CCC(=O)Nc2ccc3c(c2)OCCO3)c(C)c2c(C)nn(-c3cccc(C)c3)c21. The Balaban J connectivity index is 1.44. The van der Waals surface area contributed by atoms with Crippen molar-refractivity contribution in [1.82, 2.24) is 14.3 Å². The van der Waals surface area contributed by atoms with Crippen LogP contribution in [-0.4, -0.2) is 33.5 Å². The van der Waals surface area contributed by atoms with Gasteiger partial charge >= 0.3 is 0 Å². The second kappa shape index (κ2) is 9.53. The van der Waals surface area contributed by atoms with Gasteiger partial charge in [-0.1, -0.05) is 12.1 Å². The van der Waals surface area contributed by atoms with Crippen LogP contribution in [0, 0.1) is 20.8 Å². The number of carbonyl (C=O) groups excluding carboxylic acids is 1. The number of hydrogen-bond donors (Lipinski definition) is 1. The number of benzene rings is 2. The zero-order chi connectivity index (χ0) is 25.4. The van der Waals surface area contributed by atoms with Crippen LogP contribution in [-0.2, 0) is 17.8 Å². The maximum atomic E-state index is 13.6. The molecular formula is C28H30N4O4. The normalized spacial score (nSPS) is 12.7. The minimum Gasteiger partial charge on any atom is -0.486 e. The summed E-state index contributed by atoms with van der Waals surface area (Å²) >= 11 is 0. The highest BCUT2D eigenvalue weighted by Gasteiger charge is 2.21. The lowest BCUT2D eigenvalue weighted by Gasteiger charge is -2.19. The molecule has 1 amide bonds. The van der Waals surface area contributed by atoms with Crippen molar-refractivity contribution in [3.8, 4) is 17.2 Å². The molecule has 0 aliphatic carbocycles. The maximum Gasteiger partial charge on any atom is 0.255 e. The molecule has 186 valence electrons. The smallest absolute Gasteiger partial charge is 0.255 e. The molecule has 5 rings (SSSR count). The van der Waals surface area contributed by atoms with Crippen LogP contribution in [0.3, 0.4) is 0 Å². The van der Waals surface area contributed by atoms with Gasteiger partial charge in [0.05, 0.1) is 11.4 Å². The Morgan fingerprint density at radius 3 is 2.58 bits per heavy atom. The monoisotopic (exact) mass is 486 g/mol. The van der Waals surface area contributed by atoms with Crippen LogP contribution in [0.15, 0.2) is 47.3 Å². The molecule has 4 aromatic rings. The van der Waals surface area contributed by atoms with E-state index in [2.05, 4.69) is 11.4 Å². The summed E-state index contributed by atoms with van der Waals surface area (Å²) in [6, 6.07) is 13.4. The first kappa shape index (κ1) is 23.7. The molecule has 0 unspecified atom stereocenters. The number of aryl methyl sites for hydroxylation is 4. The molecule has 2 aromatic carbocycles. The molecule has 0 spiro atoms. The Labute approximate surface area is 209 Å². The van der Waals surface area contributed by atoms with Gasteiger partial charge in [0.1, 0.15) is 18.9 Å². The zero-order valence-electron chi connectivity index (χ0n) is 21.1. The number of nitrogens with one attached hydrogen (secondary N) is 1. The molecular weight excluding hydrogens is 456 g/mol. The van der Waals surface area contributed by atoms with Crippen molar-refractivity contribution >= 4 is 22.6 Å². The van der Waals surface area contributed by atoms with Crippen molar-refractivity contribution < 1.29 is 14.3 Å². The Morgan fingerprint density at radius 1 is 1.06 bits per heavy atom. The maximum absolute atomic E-state index is 13.6. The number of amides is 1. The summed E-state index contributed by atoms with van der Waals surface area (Å²) in [5.41, 5.74) is 5.76. The average Bonchev–Trinajstić information content (AvgIpc) is 3.21. The molecule has 0 fully saturated rings. The summed E-state index contributed by atoms with van der Waals surface area (Å²) in [5, 5.41) is 8.66. The van der Waals surface area contributed by atoms with Gasteiger partial charge < -0.3 is 14.8 Å². The largest absolute Gasteiger partial charge is 0.486 e. The third-order valence-corrected chi connectivity index (χ3v) is 6.61. The van der Waals surface area contributed by atoms with Crippen molar-refractivity contribution in [2.45, 2.75) is 47.1 Å². The van der Waals surface area contributed by atoms with Crippen molar-refractivity contribution in [1.29, 1.82) is 0 Å². The summed E-state index contributed by atoms with van der Waals surface area (Å²) in [6.07, 6.45) is 0.525. The highest BCUT2D eigenvalue weighted by Crippen LogP contribution is 2.32. The van der Waals surface area contributed by atoms with Gasteiger partial charge in [0.15, 0.2) is 11.5 Å². The molecule has 2 aromatic heterocycles. The van der Waals surface area contributed by atoms with Gasteiger partial charge in [-0.05, 0) is 69.5 Å². The second-order valence-corrected chi connectivity index (χ2v) is 9.09. The van der Waals surface area contributed by atoms with E-state index < -0.39 is 0 Å². The van der Waals surface area contributed by atoms with E-state index in [0.717, 1.165) is 33.5 Å². The lowest BCUT2D eigenvalue weighted by molar-refractivity contribution is -0.116. The number of rotatable bonds is 6. The van der Waals surface area contributed by atoms with Crippen LogP contribution in [0.2, 0.25) is 0 Å². The number of carbonyl (C=O) groups is 1. The predicted molar refractivity (Wildman–Crippen MR) is 140 cm³/mol. The van der Waals surface area contributed by atoms with E-state index in [1.807, 2.05) is 50.6 Å². The van der Waals surface area contributed by atoms with Crippen LogP contribution in [0.1, 0.15) is 35.7 Å². The first-order valence-corrected chi connectivity index (χ1v) is 12.3. The van der Waals surface area contributed by atoms with E-state index in [1.54, 1.807) is 22.8 Å². The summed E-state index contributed by atoms with van der Waals surface area (Å²) < 4.78 is 14.7. The number of ether oxygens (including phenoxy) is 2. The lowest BCUT2D eigenvalue weighted by Crippen LogP contribution is -2.27. The standard InChI is InChI=1S/C28H30N4O4/c1-5-31-27-26(19(4)30-32(27)21-8-6-7-17(2)15-21)18(3)22(28(31)34)10-12-25(33)29-20-9-11-23-24(16-20)36-14-13-35-23/h6-9,11,15-16H,5,10,12-14H2,1-4H3,(H,29,33). The summed E-state index contributed by atoms with van der Waals surface area (Å²) in [7, 11) is 0. The van der Waals surface area contributed by atoms with Gasteiger partial charge in [-0.2, -0.15) is 5.10 Å². The molecule has 3 heterocycles. The van der Waals surface area contributed by atoms with Crippen LogP contribution < -0.4 is 20.3 Å². The van der Waals surface area contributed by atoms with Crippen LogP contribution in [0.25, 0.3) is 16.7 Å². The number of fused-ring (bicyclic) bond motifs is 2. The van der Waals surface area contributed by atoms with E-state index in [4.69, 9.17) is 14.6 Å². The molecule has 36 heavy (non-hydrogen) atoms. The van der Waals surface area contributed by atoms with Crippen LogP contribution >= 0.6 is 0 Å². The van der Waals surface area contributed by atoms with Crippen molar-refractivity contribution in [2.24, 2.45) is 0 Å². The Hall–Kier alpha value is -4.07. The molecule has 1 aliphatic heterocycles. The van der Waals surface area contributed by atoms with Gasteiger partial charge in [-0.15, -0.1) is 0 Å². The molecule has 0 saturated carbocycles.